The van der Waals surface area contributed by atoms with E-state index >= 15 is 0 Å². The van der Waals surface area contributed by atoms with Gasteiger partial charge < -0.3 is 9.13 Å². The Morgan fingerprint density at radius 1 is 0.431 bits per heavy atom. The Morgan fingerprint density at radius 3 is 1.42 bits per heavy atom. The van der Waals surface area contributed by atoms with Crippen molar-refractivity contribution in [1.82, 2.24) is 19.1 Å². The van der Waals surface area contributed by atoms with Crippen molar-refractivity contribution in [2.75, 3.05) is 0 Å². The fourth-order valence-electron chi connectivity index (χ4n) is 11.4. The third kappa shape index (κ3) is 5.70. The number of benzene rings is 7. The largest absolute Gasteiger partial charge is 0.310 e. The lowest BCUT2D eigenvalue weighted by molar-refractivity contribution is 0.590. The SMILES string of the molecule is CC(C)(C)c1ccc2c(c1)c1c(C(C)(C)C)ccc3c1n2-c1cc(-c2nc(-c4ccccc4)c4ccccc4n2)cc2c1B3c1ccc(C(C)(C)C)c3c4cc(C(C)(C)C)ccc4n-2c13. The lowest BCUT2D eigenvalue weighted by atomic mass is 9.34. The molecule has 65 heavy (non-hydrogen) atoms. The summed E-state index contributed by atoms with van der Waals surface area (Å²) < 4.78 is 5.24. The molecule has 10 aromatic rings. The highest BCUT2D eigenvalue weighted by molar-refractivity contribution is 7.00. The Morgan fingerprint density at radius 2 is 0.923 bits per heavy atom. The first-order chi connectivity index (χ1) is 30.8. The van der Waals surface area contributed by atoms with Crippen LogP contribution in [0.1, 0.15) is 105 Å². The monoisotopic (exact) mass is 844 g/mol. The molecule has 7 aromatic carbocycles. The molecule has 5 heteroatoms. The fourth-order valence-corrected chi connectivity index (χ4v) is 11.4. The van der Waals surface area contributed by atoms with E-state index in [0.717, 1.165) is 33.5 Å². The first-order valence-electron chi connectivity index (χ1n) is 23.5. The van der Waals surface area contributed by atoms with Crippen molar-refractivity contribution in [3.8, 4) is 34.0 Å². The van der Waals surface area contributed by atoms with Gasteiger partial charge in [-0.25, -0.2) is 9.97 Å². The van der Waals surface area contributed by atoms with E-state index in [9.17, 15) is 0 Å². The molecular weight excluding hydrogens is 787 g/mol. The second kappa shape index (κ2) is 13.1. The summed E-state index contributed by atoms with van der Waals surface area (Å²) in [5.41, 5.74) is 20.8. The van der Waals surface area contributed by atoms with Gasteiger partial charge in [0.05, 0.1) is 22.2 Å². The van der Waals surface area contributed by atoms with Crippen molar-refractivity contribution in [3.63, 3.8) is 0 Å². The molecule has 0 aliphatic carbocycles. The number of para-hydroxylation sites is 1. The number of hydrogen-bond acceptors (Lipinski definition) is 2. The highest BCUT2D eigenvalue weighted by atomic mass is 15.0. The summed E-state index contributed by atoms with van der Waals surface area (Å²) in [5, 5.41) is 6.42. The molecule has 0 radical (unpaired) electrons. The maximum absolute atomic E-state index is 5.53. The van der Waals surface area contributed by atoms with Crippen LogP contribution in [-0.4, -0.2) is 25.8 Å². The van der Waals surface area contributed by atoms with Gasteiger partial charge in [-0.15, -0.1) is 0 Å². The zero-order valence-electron chi connectivity index (χ0n) is 40.0. The van der Waals surface area contributed by atoms with Crippen molar-refractivity contribution in [1.29, 1.82) is 0 Å². The molecule has 0 fully saturated rings. The van der Waals surface area contributed by atoms with Crippen LogP contribution in [0.5, 0.6) is 0 Å². The number of fused-ring (bicyclic) bond motifs is 11. The molecule has 0 N–H and O–H groups in total. The predicted molar refractivity (Wildman–Crippen MR) is 279 cm³/mol. The summed E-state index contributed by atoms with van der Waals surface area (Å²) in [4.78, 5) is 10.9. The topological polar surface area (TPSA) is 35.6 Å². The zero-order chi connectivity index (χ0) is 45.3. The van der Waals surface area contributed by atoms with E-state index in [0.29, 0.717) is 0 Å². The quantitative estimate of drug-likeness (QED) is 0.163. The summed E-state index contributed by atoms with van der Waals surface area (Å²) in [6.07, 6.45) is 0. The molecule has 0 bridgehead atoms. The second-order valence-corrected chi connectivity index (χ2v) is 23.1. The van der Waals surface area contributed by atoms with E-state index in [2.05, 4.69) is 220 Å². The molecule has 2 aliphatic rings. The van der Waals surface area contributed by atoms with Crippen LogP contribution in [0.4, 0.5) is 0 Å². The molecule has 3 aromatic heterocycles. The standard InChI is InChI=1S/C60H57BN4/c1-57(2,3)36-22-28-46-39(32-36)50-41(59(7,8)9)24-26-43-54(50)64(46)48-30-35(56-62-45-21-17-16-20-38(45)53(63-56)34-18-14-13-15-19-34)31-49-52(48)61(43)44-27-25-42(60(10,11)12)51-40-33-37(58(4,5)6)23-29-47(40)65(49)55(44)51/h13-33H,1-12H3. The first kappa shape index (κ1) is 40.1. The van der Waals surface area contributed by atoms with Crippen LogP contribution in [0.25, 0.3) is 88.5 Å². The third-order valence-corrected chi connectivity index (χ3v) is 14.7. The maximum Gasteiger partial charge on any atom is 0.252 e. The maximum atomic E-state index is 5.53. The minimum Gasteiger partial charge on any atom is -0.310 e. The predicted octanol–water partition coefficient (Wildman–Crippen LogP) is 13.5. The van der Waals surface area contributed by atoms with Crippen LogP contribution in [0.15, 0.2) is 127 Å². The van der Waals surface area contributed by atoms with Crippen LogP contribution in [0.2, 0.25) is 0 Å². The summed E-state index contributed by atoms with van der Waals surface area (Å²) in [7, 11) is 0. The Bertz CT molecular complexity index is 3510. The Kier molecular flexibility index (Phi) is 8.07. The fraction of sp³-hybridized carbons (Fsp3) is 0.267. The van der Waals surface area contributed by atoms with Crippen molar-refractivity contribution in [2.45, 2.75) is 105 Å². The minimum atomic E-state index is -0.0825. The van der Waals surface area contributed by atoms with Gasteiger partial charge in [0, 0.05) is 60.5 Å². The van der Waals surface area contributed by atoms with Crippen molar-refractivity contribution in [2.24, 2.45) is 0 Å². The van der Waals surface area contributed by atoms with Crippen LogP contribution >= 0.6 is 0 Å². The van der Waals surface area contributed by atoms with Gasteiger partial charge in [-0.05, 0) is 103 Å². The zero-order valence-corrected chi connectivity index (χ0v) is 40.0. The molecule has 0 atom stereocenters. The molecule has 0 spiro atoms. The summed E-state index contributed by atoms with van der Waals surface area (Å²) in [6.45, 7) is 28.2. The van der Waals surface area contributed by atoms with Gasteiger partial charge in [-0.1, -0.05) is 168 Å². The average molecular weight is 845 g/mol. The van der Waals surface area contributed by atoms with Gasteiger partial charge in [0.25, 0.3) is 6.71 Å². The molecule has 4 nitrogen and oxygen atoms in total. The van der Waals surface area contributed by atoms with E-state index < -0.39 is 0 Å². The number of aromatic nitrogens is 4. The third-order valence-electron chi connectivity index (χ3n) is 14.7. The van der Waals surface area contributed by atoms with Crippen LogP contribution in [0, 0.1) is 0 Å². The lowest BCUT2D eigenvalue weighted by Gasteiger charge is -2.35. The van der Waals surface area contributed by atoms with Gasteiger partial charge in [-0.3, -0.25) is 0 Å². The Hall–Kier alpha value is -6.46. The molecule has 0 saturated carbocycles. The molecular formula is C60H57BN4. The lowest BCUT2D eigenvalue weighted by Crippen LogP contribution is -2.59. The number of hydrogen-bond donors (Lipinski definition) is 0. The highest BCUT2D eigenvalue weighted by Gasteiger charge is 2.43. The van der Waals surface area contributed by atoms with E-state index in [1.165, 1.54) is 93.6 Å². The molecule has 5 heterocycles. The van der Waals surface area contributed by atoms with Gasteiger partial charge in [0.1, 0.15) is 0 Å². The van der Waals surface area contributed by atoms with Gasteiger partial charge in [0.15, 0.2) is 5.82 Å². The molecule has 0 saturated heterocycles. The average Bonchev–Trinajstić information content (AvgIpc) is 3.79. The molecule has 0 unspecified atom stereocenters. The molecule has 12 rings (SSSR count). The summed E-state index contributed by atoms with van der Waals surface area (Å²) in [5.74, 6) is 0.729. The van der Waals surface area contributed by atoms with Crippen molar-refractivity contribution in [3.05, 3.63) is 150 Å². The smallest absolute Gasteiger partial charge is 0.252 e. The Labute approximate surface area is 383 Å². The first-order valence-corrected chi connectivity index (χ1v) is 23.5. The van der Waals surface area contributed by atoms with Gasteiger partial charge in [-0.2, -0.15) is 0 Å². The number of rotatable bonds is 2. The molecule has 0 amide bonds. The summed E-state index contributed by atoms with van der Waals surface area (Å²) >= 11 is 0. The molecule has 320 valence electrons. The van der Waals surface area contributed by atoms with E-state index in [1.54, 1.807) is 0 Å². The summed E-state index contributed by atoms with van der Waals surface area (Å²) in [6, 6.07) is 48.3. The van der Waals surface area contributed by atoms with Gasteiger partial charge >= 0.3 is 0 Å². The van der Waals surface area contributed by atoms with Crippen molar-refractivity contribution < 1.29 is 0 Å². The molecule has 2 aliphatic heterocycles. The van der Waals surface area contributed by atoms with Crippen LogP contribution in [0.3, 0.4) is 0 Å². The normalized spacial score (nSPS) is 13.8. The van der Waals surface area contributed by atoms with E-state index in [-0.39, 0.29) is 28.4 Å². The minimum absolute atomic E-state index is 0.00622. The van der Waals surface area contributed by atoms with E-state index in [4.69, 9.17) is 9.97 Å². The number of nitrogens with zero attached hydrogens (tertiary/aromatic N) is 4. The van der Waals surface area contributed by atoms with Crippen LogP contribution in [-0.2, 0) is 21.7 Å². The highest BCUT2D eigenvalue weighted by Crippen LogP contribution is 2.46. The second-order valence-electron chi connectivity index (χ2n) is 23.1. The van der Waals surface area contributed by atoms with Crippen molar-refractivity contribution >= 4 is 77.6 Å². The van der Waals surface area contributed by atoms with E-state index in [1.807, 2.05) is 0 Å². The van der Waals surface area contributed by atoms with Gasteiger partial charge in [0.2, 0.25) is 0 Å². The van der Waals surface area contributed by atoms with Crippen LogP contribution < -0.4 is 16.4 Å². The Balaban J connectivity index is 1.29.